The maximum atomic E-state index is 13.4. The van der Waals surface area contributed by atoms with Crippen LogP contribution in [-0.4, -0.2) is 9.97 Å². The second-order valence-corrected chi connectivity index (χ2v) is 3.81. The molecule has 0 bridgehead atoms. The molecule has 0 fully saturated rings. The third kappa shape index (κ3) is 2.60. The summed E-state index contributed by atoms with van der Waals surface area (Å²) < 4.78 is 26.2. The molecule has 0 radical (unpaired) electrons. The number of rotatable bonds is 3. The number of aromatic nitrogens is 2. The van der Waals surface area contributed by atoms with Crippen molar-refractivity contribution in [1.82, 2.24) is 9.97 Å². The molecule has 0 saturated carbocycles. The molecule has 6 heteroatoms. The molecule has 0 aliphatic rings. The number of nitrogens with zero attached hydrogens (tertiary/aromatic N) is 2. The van der Waals surface area contributed by atoms with Crippen molar-refractivity contribution in [3.8, 4) is 0 Å². The minimum absolute atomic E-state index is 0.154. The van der Waals surface area contributed by atoms with E-state index in [0.29, 0.717) is 17.0 Å². The fraction of sp³-hybridized carbons (Fsp3) is 0.167. The Morgan fingerprint density at radius 3 is 2.56 bits per heavy atom. The van der Waals surface area contributed by atoms with Gasteiger partial charge in [-0.2, -0.15) is 0 Å². The molecule has 1 aromatic carbocycles. The summed E-state index contributed by atoms with van der Waals surface area (Å²) >= 11 is 0. The second-order valence-electron chi connectivity index (χ2n) is 3.81. The number of nitrogens with two attached hydrogens (primary N) is 2. The van der Waals surface area contributed by atoms with Crippen molar-refractivity contribution in [2.45, 2.75) is 13.0 Å². The molecule has 0 aliphatic heterocycles. The topological polar surface area (TPSA) is 77.8 Å². The van der Waals surface area contributed by atoms with Crippen LogP contribution in [0.1, 0.15) is 17.0 Å². The number of hydrogen-bond acceptors (Lipinski definition) is 4. The molecule has 2 aromatic rings. The fourth-order valence-corrected chi connectivity index (χ4v) is 1.54. The fourth-order valence-electron chi connectivity index (χ4n) is 1.54. The number of halogens is 2. The van der Waals surface area contributed by atoms with Crippen LogP contribution < -0.4 is 11.5 Å². The van der Waals surface area contributed by atoms with Crippen LogP contribution in [0, 0.1) is 11.6 Å². The minimum atomic E-state index is -0.625. The third-order valence-corrected chi connectivity index (χ3v) is 2.53. The quantitative estimate of drug-likeness (QED) is 0.862. The highest BCUT2D eigenvalue weighted by Crippen LogP contribution is 2.14. The lowest BCUT2D eigenvalue weighted by Gasteiger charge is -2.05. The van der Waals surface area contributed by atoms with E-state index in [-0.39, 0.29) is 18.8 Å². The van der Waals surface area contributed by atoms with Gasteiger partial charge in [-0.1, -0.05) is 6.07 Å². The molecule has 0 aliphatic carbocycles. The monoisotopic (exact) mass is 250 g/mol. The summed E-state index contributed by atoms with van der Waals surface area (Å²) in [5, 5.41) is 0. The Morgan fingerprint density at radius 1 is 1.17 bits per heavy atom. The summed E-state index contributed by atoms with van der Waals surface area (Å²) in [6.07, 6.45) is 1.67. The Labute approximate surface area is 103 Å². The molecule has 18 heavy (non-hydrogen) atoms. The van der Waals surface area contributed by atoms with E-state index in [1.807, 2.05) is 0 Å². The van der Waals surface area contributed by atoms with Crippen LogP contribution >= 0.6 is 0 Å². The van der Waals surface area contributed by atoms with Gasteiger partial charge >= 0.3 is 0 Å². The maximum Gasteiger partial charge on any atom is 0.135 e. The zero-order chi connectivity index (χ0) is 13.1. The van der Waals surface area contributed by atoms with Crippen molar-refractivity contribution in [1.29, 1.82) is 0 Å². The first kappa shape index (κ1) is 12.4. The zero-order valence-corrected chi connectivity index (χ0v) is 9.53. The molecule has 0 amide bonds. The van der Waals surface area contributed by atoms with Crippen molar-refractivity contribution in [3.05, 3.63) is 53.0 Å². The summed E-state index contributed by atoms with van der Waals surface area (Å²) in [7, 11) is 0. The Kier molecular flexibility index (Phi) is 3.47. The van der Waals surface area contributed by atoms with Crippen LogP contribution in [0.2, 0.25) is 0 Å². The smallest absolute Gasteiger partial charge is 0.135 e. The summed E-state index contributed by atoms with van der Waals surface area (Å²) in [5.41, 5.74) is 12.0. The highest BCUT2D eigenvalue weighted by molar-refractivity contribution is 5.38. The van der Waals surface area contributed by atoms with E-state index in [2.05, 4.69) is 9.97 Å². The van der Waals surface area contributed by atoms with E-state index >= 15 is 0 Å². The first-order chi connectivity index (χ1) is 8.60. The minimum Gasteiger partial charge on any atom is -0.383 e. The van der Waals surface area contributed by atoms with Gasteiger partial charge in [0.05, 0.1) is 0 Å². The summed E-state index contributed by atoms with van der Waals surface area (Å²) in [4.78, 5) is 8.07. The van der Waals surface area contributed by atoms with Crippen LogP contribution in [0.4, 0.5) is 14.6 Å². The van der Waals surface area contributed by atoms with Crippen LogP contribution in [0.15, 0.2) is 24.4 Å². The number of benzene rings is 1. The van der Waals surface area contributed by atoms with Crippen LogP contribution in [-0.2, 0) is 13.0 Å². The van der Waals surface area contributed by atoms with Crippen molar-refractivity contribution < 1.29 is 8.78 Å². The van der Waals surface area contributed by atoms with E-state index in [4.69, 9.17) is 11.5 Å². The van der Waals surface area contributed by atoms with E-state index in [0.717, 1.165) is 6.07 Å². The van der Waals surface area contributed by atoms with Gasteiger partial charge in [0.1, 0.15) is 23.3 Å². The third-order valence-electron chi connectivity index (χ3n) is 2.53. The Hall–Kier alpha value is -2.08. The van der Waals surface area contributed by atoms with Crippen LogP contribution in [0.3, 0.4) is 0 Å². The molecular weight excluding hydrogens is 238 g/mol. The summed E-state index contributed by atoms with van der Waals surface area (Å²) in [5.74, 6) is -0.588. The van der Waals surface area contributed by atoms with Gasteiger partial charge < -0.3 is 11.5 Å². The molecule has 1 heterocycles. The summed E-state index contributed by atoms with van der Waals surface area (Å²) in [6.45, 7) is 0.247. The van der Waals surface area contributed by atoms with E-state index in [1.54, 1.807) is 0 Å². The van der Waals surface area contributed by atoms with Gasteiger partial charge in [-0.3, -0.25) is 0 Å². The largest absolute Gasteiger partial charge is 0.383 e. The number of nitrogen functional groups attached to an aromatic ring is 1. The predicted octanol–water partition coefficient (Wildman–Crippen LogP) is 1.39. The van der Waals surface area contributed by atoms with Crippen molar-refractivity contribution in [2.75, 3.05) is 5.73 Å². The maximum absolute atomic E-state index is 13.4. The van der Waals surface area contributed by atoms with E-state index in [9.17, 15) is 8.78 Å². The van der Waals surface area contributed by atoms with Gasteiger partial charge in [0.15, 0.2) is 0 Å². The average Bonchev–Trinajstić information content (AvgIpc) is 2.33. The Morgan fingerprint density at radius 2 is 1.94 bits per heavy atom. The number of anilines is 1. The molecular formula is C12H12F2N4. The van der Waals surface area contributed by atoms with Gasteiger partial charge in [-0.25, -0.2) is 18.7 Å². The van der Waals surface area contributed by atoms with Crippen molar-refractivity contribution in [2.24, 2.45) is 5.73 Å². The van der Waals surface area contributed by atoms with Gasteiger partial charge in [-0.05, 0) is 11.6 Å². The lowest BCUT2D eigenvalue weighted by molar-refractivity contribution is 0.573. The SMILES string of the molecule is NCc1cnc(Cc2ccc(F)cc2F)nc1N. The molecule has 2 rings (SSSR count). The van der Waals surface area contributed by atoms with Gasteiger partial charge in [0.2, 0.25) is 0 Å². The van der Waals surface area contributed by atoms with Crippen molar-refractivity contribution in [3.63, 3.8) is 0 Å². The van der Waals surface area contributed by atoms with Gasteiger partial charge in [0.25, 0.3) is 0 Å². The molecule has 0 atom stereocenters. The molecule has 0 saturated heterocycles. The molecule has 4 N–H and O–H groups in total. The summed E-state index contributed by atoms with van der Waals surface area (Å²) in [6, 6.07) is 3.38. The van der Waals surface area contributed by atoms with E-state index < -0.39 is 11.6 Å². The lowest BCUT2D eigenvalue weighted by Crippen LogP contribution is -2.08. The molecule has 94 valence electrons. The molecule has 0 unspecified atom stereocenters. The Balaban J connectivity index is 2.26. The van der Waals surface area contributed by atoms with Crippen LogP contribution in [0.25, 0.3) is 0 Å². The van der Waals surface area contributed by atoms with Crippen LogP contribution in [0.5, 0.6) is 0 Å². The molecule has 0 spiro atoms. The molecule has 4 nitrogen and oxygen atoms in total. The average molecular weight is 250 g/mol. The van der Waals surface area contributed by atoms with Gasteiger partial charge in [0, 0.05) is 30.8 Å². The standard InChI is InChI=1S/C12H12F2N4/c13-9-2-1-7(10(14)4-9)3-11-17-6-8(5-15)12(16)18-11/h1-2,4,6H,3,5,15H2,(H2,16,17,18). The van der Waals surface area contributed by atoms with Crippen molar-refractivity contribution >= 4 is 5.82 Å². The highest BCUT2D eigenvalue weighted by atomic mass is 19.1. The molecule has 1 aromatic heterocycles. The highest BCUT2D eigenvalue weighted by Gasteiger charge is 2.08. The number of hydrogen-bond donors (Lipinski definition) is 2. The van der Waals surface area contributed by atoms with Gasteiger partial charge in [-0.15, -0.1) is 0 Å². The lowest BCUT2D eigenvalue weighted by atomic mass is 10.1. The zero-order valence-electron chi connectivity index (χ0n) is 9.53. The van der Waals surface area contributed by atoms with E-state index in [1.165, 1.54) is 18.3 Å². The normalized spacial score (nSPS) is 10.6. The first-order valence-corrected chi connectivity index (χ1v) is 5.34. The predicted molar refractivity (Wildman–Crippen MR) is 63.5 cm³/mol. The second kappa shape index (κ2) is 5.05. The Bertz CT molecular complexity index is 572. The first-order valence-electron chi connectivity index (χ1n) is 5.34.